The lowest BCUT2D eigenvalue weighted by molar-refractivity contribution is 0.121. The molecule has 6 nitrogen and oxygen atoms in total. The third-order valence-electron chi connectivity index (χ3n) is 2.49. The highest BCUT2D eigenvalue weighted by Gasteiger charge is 2.24. The first-order chi connectivity index (χ1) is 7.29. The summed E-state index contributed by atoms with van der Waals surface area (Å²) in [7, 11) is 0. The molecular weight excluding hydrogens is 194 g/mol. The average Bonchev–Trinajstić information content (AvgIpc) is 2.65. The van der Waals surface area contributed by atoms with Crippen molar-refractivity contribution in [2.45, 2.75) is 25.5 Å². The molecule has 1 aliphatic rings. The first kappa shape index (κ1) is 10.1. The summed E-state index contributed by atoms with van der Waals surface area (Å²) in [6.07, 6.45) is 2.87. The summed E-state index contributed by atoms with van der Waals surface area (Å²) in [5.74, 6) is 6.40. The van der Waals surface area contributed by atoms with Crippen LogP contribution in [0.25, 0.3) is 0 Å². The van der Waals surface area contributed by atoms with Gasteiger partial charge in [-0.25, -0.2) is 10.8 Å². The minimum Gasteiger partial charge on any atom is -0.376 e. The number of nitrogens with one attached hydrogen (secondary N) is 2. The van der Waals surface area contributed by atoms with Crippen LogP contribution in [0.1, 0.15) is 13.3 Å². The fourth-order valence-corrected chi connectivity index (χ4v) is 1.62. The van der Waals surface area contributed by atoms with Gasteiger partial charge in [0.1, 0.15) is 5.82 Å². The Kier molecular flexibility index (Phi) is 2.98. The summed E-state index contributed by atoms with van der Waals surface area (Å²) >= 11 is 0. The third kappa shape index (κ3) is 2.34. The second-order valence-electron chi connectivity index (χ2n) is 3.53. The molecule has 82 valence electrons. The van der Waals surface area contributed by atoms with E-state index in [1.807, 2.05) is 13.0 Å². The Labute approximate surface area is 88.2 Å². The molecule has 2 unspecified atom stereocenters. The molecular formula is C9H15N5O. The smallest absolute Gasteiger partial charge is 0.239 e. The minimum atomic E-state index is 0.217. The predicted octanol–water partition coefficient (Wildman–Crippen LogP) is 0.351. The zero-order chi connectivity index (χ0) is 10.7. The lowest BCUT2D eigenvalue weighted by Crippen LogP contribution is -2.27. The van der Waals surface area contributed by atoms with Crippen molar-refractivity contribution in [1.29, 1.82) is 0 Å². The van der Waals surface area contributed by atoms with Crippen molar-refractivity contribution in [3.63, 3.8) is 0 Å². The van der Waals surface area contributed by atoms with Gasteiger partial charge in [-0.2, -0.15) is 4.98 Å². The van der Waals surface area contributed by atoms with E-state index in [1.54, 1.807) is 6.20 Å². The molecule has 2 heterocycles. The number of nitrogen functional groups attached to an aromatic ring is 1. The van der Waals surface area contributed by atoms with Gasteiger partial charge in [0.15, 0.2) is 0 Å². The van der Waals surface area contributed by atoms with Gasteiger partial charge in [0, 0.05) is 12.8 Å². The van der Waals surface area contributed by atoms with Gasteiger partial charge in [0.25, 0.3) is 0 Å². The van der Waals surface area contributed by atoms with Crippen LogP contribution >= 0.6 is 0 Å². The van der Waals surface area contributed by atoms with Crippen molar-refractivity contribution in [2.75, 3.05) is 17.3 Å². The first-order valence-electron chi connectivity index (χ1n) is 4.97. The van der Waals surface area contributed by atoms with Gasteiger partial charge in [0.2, 0.25) is 5.95 Å². The topological polar surface area (TPSA) is 85.1 Å². The van der Waals surface area contributed by atoms with Crippen LogP contribution in [0.3, 0.4) is 0 Å². The van der Waals surface area contributed by atoms with E-state index in [2.05, 4.69) is 20.7 Å². The van der Waals surface area contributed by atoms with Gasteiger partial charge in [-0.15, -0.1) is 0 Å². The molecule has 2 atom stereocenters. The number of anilines is 2. The minimum absolute atomic E-state index is 0.217. The summed E-state index contributed by atoms with van der Waals surface area (Å²) in [6, 6.07) is 2.12. The molecule has 0 amide bonds. The van der Waals surface area contributed by atoms with E-state index in [-0.39, 0.29) is 6.10 Å². The molecule has 0 saturated carbocycles. The number of nitrogens with zero attached hydrogens (tertiary/aromatic N) is 2. The van der Waals surface area contributed by atoms with Gasteiger partial charge in [0.05, 0.1) is 12.1 Å². The lowest BCUT2D eigenvalue weighted by atomic mass is 10.1. The van der Waals surface area contributed by atoms with Crippen LogP contribution in [0.5, 0.6) is 0 Å². The molecule has 0 aromatic carbocycles. The second kappa shape index (κ2) is 4.41. The number of hydrogen-bond donors (Lipinski definition) is 3. The normalized spacial score (nSPS) is 25.2. The van der Waals surface area contributed by atoms with Crippen molar-refractivity contribution < 1.29 is 4.74 Å². The lowest BCUT2D eigenvalue weighted by Gasteiger charge is -2.16. The maximum atomic E-state index is 5.45. The van der Waals surface area contributed by atoms with Crippen molar-refractivity contribution >= 4 is 11.8 Å². The number of hydrazine groups is 1. The Morgan fingerprint density at radius 3 is 3.13 bits per heavy atom. The van der Waals surface area contributed by atoms with Gasteiger partial charge in [-0.3, -0.25) is 5.43 Å². The van der Waals surface area contributed by atoms with Crippen LogP contribution < -0.4 is 16.6 Å². The van der Waals surface area contributed by atoms with E-state index < -0.39 is 0 Å². The SMILES string of the molecule is CC1OCCC1Nc1ccnc(NN)n1. The number of ether oxygens (including phenoxy) is 1. The molecule has 15 heavy (non-hydrogen) atoms. The Morgan fingerprint density at radius 2 is 2.47 bits per heavy atom. The van der Waals surface area contributed by atoms with Crippen LogP contribution in [0.4, 0.5) is 11.8 Å². The summed E-state index contributed by atoms with van der Waals surface area (Å²) < 4.78 is 5.45. The van der Waals surface area contributed by atoms with Gasteiger partial charge < -0.3 is 10.1 Å². The van der Waals surface area contributed by atoms with E-state index in [9.17, 15) is 0 Å². The number of hydrogen-bond acceptors (Lipinski definition) is 6. The van der Waals surface area contributed by atoms with E-state index in [0.717, 1.165) is 18.8 Å². The summed E-state index contributed by atoms with van der Waals surface area (Å²) in [4.78, 5) is 8.11. The molecule has 1 aliphatic heterocycles. The second-order valence-corrected chi connectivity index (χ2v) is 3.53. The molecule has 0 aliphatic carbocycles. The summed E-state index contributed by atoms with van der Waals surface area (Å²) in [5, 5.41) is 3.29. The zero-order valence-electron chi connectivity index (χ0n) is 8.60. The van der Waals surface area contributed by atoms with Crippen molar-refractivity contribution in [2.24, 2.45) is 5.84 Å². The Morgan fingerprint density at radius 1 is 1.60 bits per heavy atom. The quantitative estimate of drug-likeness (QED) is 0.492. The van der Waals surface area contributed by atoms with E-state index >= 15 is 0 Å². The summed E-state index contributed by atoms with van der Waals surface area (Å²) in [5.41, 5.74) is 2.41. The summed E-state index contributed by atoms with van der Waals surface area (Å²) in [6.45, 7) is 2.85. The molecule has 1 aromatic heterocycles. The molecule has 1 aromatic rings. The highest BCUT2D eigenvalue weighted by molar-refractivity contribution is 5.40. The average molecular weight is 209 g/mol. The molecule has 1 saturated heterocycles. The van der Waals surface area contributed by atoms with Crippen LogP contribution in [0, 0.1) is 0 Å². The van der Waals surface area contributed by atoms with Crippen molar-refractivity contribution in [3.05, 3.63) is 12.3 Å². The van der Waals surface area contributed by atoms with E-state index in [0.29, 0.717) is 12.0 Å². The van der Waals surface area contributed by atoms with Crippen molar-refractivity contribution in [3.8, 4) is 0 Å². The van der Waals surface area contributed by atoms with E-state index in [1.165, 1.54) is 0 Å². The largest absolute Gasteiger partial charge is 0.376 e. The maximum Gasteiger partial charge on any atom is 0.239 e. The number of aromatic nitrogens is 2. The molecule has 4 N–H and O–H groups in total. The fourth-order valence-electron chi connectivity index (χ4n) is 1.62. The number of nitrogens with two attached hydrogens (primary N) is 1. The van der Waals surface area contributed by atoms with Crippen LogP contribution in [-0.4, -0.2) is 28.7 Å². The highest BCUT2D eigenvalue weighted by atomic mass is 16.5. The molecule has 6 heteroatoms. The van der Waals surface area contributed by atoms with Gasteiger partial charge in [-0.1, -0.05) is 0 Å². The van der Waals surface area contributed by atoms with Crippen molar-refractivity contribution in [1.82, 2.24) is 9.97 Å². The van der Waals surface area contributed by atoms with Crippen LogP contribution in [-0.2, 0) is 4.74 Å². The van der Waals surface area contributed by atoms with Crippen LogP contribution in [0.2, 0.25) is 0 Å². The number of rotatable bonds is 3. The van der Waals surface area contributed by atoms with Crippen LogP contribution in [0.15, 0.2) is 12.3 Å². The zero-order valence-corrected chi connectivity index (χ0v) is 8.60. The molecule has 1 fully saturated rings. The maximum absolute atomic E-state index is 5.45. The Bertz CT molecular complexity index is 332. The molecule has 0 radical (unpaired) electrons. The first-order valence-corrected chi connectivity index (χ1v) is 4.97. The Balaban J connectivity index is 2.03. The fraction of sp³-hybridized carbons (Fsp3) is 0.556. The van der Waals surface area contributed by atoms with Gasteiger partial charge in [-0.05, 0) is 19.4 Å². The molecule has 2 rings (SSSR count). The highest BCUT2D eigenvalue weighted by Crippen LogP contribution is 2.17. The van der Waals surface area contributed by atoms with E-state index in [4.69, 9.17) is 10.6 Å². The monoisotopic (exact) mass is 209 g/mol. The molecule has 0 bridgehead atoms. The Hall–Kier alpha value is -1.40. The predicted molar refractivity (Wildman–Crippen MR) is 57.3 cm³/mol. The molecule has 0 spiro atoms. The standard InChI is InChI=1S/C9H15N5O/c1-6-7(3-5-15-6)12-8-2-4-11-9(13-8)14-10/h2,4,6-7H,3,5,10H2,1H3,(H2,11,12,13,14). The third-order valence-corrected chi connectivity index (χ3v) is 2.49. The van der Waals surface area contributed by atoms with Gasteiger partial charge >= 0.3 is 0 Å².